The molecule has 0 aliphatic carbocycles. The van der Waals surface area contributed by atoms with Crippen molar-refractivity contribution >= 4 is 34.3 Å². The van der Waals surface area contributed by atoms with Gasteiger partial charge in [-0.2, -0.15) is 13.2 Å². The summed E-state index contributed by atoms with van der Waals surface area (Å²) >= 11 is 5.63. The molecule has 0 amide bonds. The molecular formula is C12H6ClF4N5. The number of halogens is 5. The Bertz CT molecular complexity index is 845. The molecule has 0 unspecified atom stereocenters. The molecule has 0 radical (unpaired) electrons. The molecule has 3 rings (SSSR count). The third kappa shape index (κ3) is 2.67. The standard InChI is InChI=1S/C12H6ClF4N5/c13-6-3-5(1-2-7(6)14)20-10-8-9(19-4-18-8)21-11(22-10)12(15,16)17/h1-4H,(H2,18,19,20,21,22). The average Bonchev–Trinajstić information content (AvgIpc) is 2.90. The topological polar surface area (TPSA) is 66.5 Å². The van der Waals surface area contributed by atoms with Crippen LogP contribution in [0.4, 0.5) is 29.1 Å². The second-order valence-electron chi connectivity index (χ2n) is 4.25. The molecule has 2 aromatic heterocycles. The number of aromatic nitrogens is 4. The number of alkyl halides is 3. The number of hydrogen-bond donors (Lipinski definition) is 2. The van der Waals surface area contributed by atoms with Gasteiger partial charge in [0, 0.05) is 5.69 Å². The number of hydrogen-bond acceptors (Lipinski definition) is 4. The first-order chi connectivity index (χ1) is 10.3. The van der Waals surface area contributed by atoms with Gasteiger partial charge in [-0.3, -0.25) is 0 Å². The van der Waals surface area contributed by atoms with E-state index < -0.39 is 17.8 Å². The van der Waals surface area contributed by atoms with Gasteiger partial charge in [0.05, 0.1) is 11.3 Å². The number of imidazole rings is 1. The van der Waals surface area contributed by atoms with Crippen LogP contribution < -0.4 is 5.32 Å². The van der Waals surface area contributed by atoms with Gasteiger partial charge in [-0.1, -0.05) is 11.6 Å². The highest BCUT2D eigenvalue weighted by Crippen LogP contribution is 2.30. The molecule has 0 saturated carbocycles. The van der Waals surface area contributed by atoms with Gasteiger partial charge in [0.1, 0.15) is 11.3 Å². The van der Waals surface area contributed by atoms with Crippen LogP contribution in [-0.2, 0) is 6.18 Å². The Hall–Kier alpha value is -2.42. The van der Waals surface area contributed by atoms with E-state index in [2.05, 4.69) is 25.3 Å². The summed E-state index contributed by atoms with van der Waals surface area (Å²) in [5.41, 5.74) is 0.320. The molecule has 0 aliphatic rings. The van der Waals surface area contributed by atoms with Crippen LogP contribution in [0.2, 0.25) is 5.02 Å². The predicted molar refractivity (Wildman–Crippen MR) is 71.4 cm³/mol. The van der Waals surface area contributed by atoms with Crippen LogP contribution in [0.15, 0.2) is 24.5 Å². The number of anilines is 2. The third-order valence-electron chi connectivity index (χ3n) is 2.72. The Morgan fingerprint density at radius 1 is 1.18 bits per heavy atom. The first kappa shape index (κ1) is 14.5. The number of benzene rings is 1. The average molecular weight is 332 g/mol. The van der Waals surface area contributed by atoms with E-state index in [1.165, 1.54) is 18.5 Å². The van der Waals surface area contributed by atoms with Gasteiger partial charge < -0.3 is 10.3 Å². The Kier molecular flexibility index (Phi) is 3.36. The lowest BCUT2D eigenvalue weighted by Crippen LogP contribution is -2.12. The summed E-state index contributed by atoms with van der Waals surface area (Å²) in [6.07, 6.45) is -3.52. The maximum absolute atomic E-state index is 13.1. The molecule has 5 nitrogen and oxygen atoms in total. The van der Waals surface area contributed by atoms with Crippen LogP contribution in [0.25, 0.3) is 11.2 Å². The smallest absolute Gasteiger partial charge is 0.340 e. The molecule has 2 heterocycles. The van der Waals surface area contributed by atoms with Crippen LogP contribution in [0, 0.1) is 5.82 Å². The maximum Gasteiger partial charge on any atom is 0.451 e. The highest BCUT2D eigenvalue weighted by molar-refractivity contribution is 6.31. The quantitative estimate of drug-likeness (QED) is 0.699. The minimum absolute atomic E-state index is 0.141. The summed E-state index contributed by atoms with van der Waals surface area (Å²) in [5.74, 6) is -2.11. The highest BCUT2D eigenvalue weighted by Gasteiger charge is 2.36. The van der Waals surface area contributed by atoms with E-state index in [0.29, 0.717) is 0 Å². The fourth-order valence-corrected chi connectivity index (χ4v) is 1.94. The van der Waals surface area contributed by atoms with E-state index in [4.69, 9.17) is 11.6 Å². The fourth-order valence-electron chi connectivity index (χ4n) is 1.76. The van der Waals surface area contributed by atoms with Crippen molar-refractivity contribution in [2.75, 3.05) is 5.32 Å². The first-order valence-electron chi connectivity index (χ1n) is 5.85. The van der Waals surface area contributed by atoms with Crippen LogP contribution in [0.3, 0.4) is 0 Å². The summed E-state index contributed by atoms with van der Waals surface area (Å²) < 4.78 is 51.5. The predicted octanol–water partition coefficient (Wildman–Crippen LogP) is 3.91. The lowest BCUT2D eigenvalue weighted by Gasteiger charge is -2.10. The number of nitrogens with one attached hydrogen (secondary N) is 2. The molecule has 3 aromatic rings. The first-order valence-corrected chi connectivity index (χ1v) is 6.23. The molecule has 0 aliphatic heterocycles. The number of nitrogens with zero attached hydrogens (tertiary/aromatic N) is 3. The van der Waals surface area contributed by atoms with Crippen molar-refractivity contribution in [3.05, 3.63) is 41.2 Å². The van der Waals surface area contributed by atoms with E-state index in [1.807, 2.05) is 0 Å². The SMILES string of the molecule is Fc1ccc(Nc2nc(C(F)(F)F)nc3nc[nH]c23)cc1Cl. The number of rotatable bonds is 2. The van der Waals surface area contributed by atoms with Crippen molar-refractivity contribution in [3.8, 4) is 0 Å². The lowest BCUT2D eigenvalue weighted by molar-refractivity contribution is -0.144. The summed E-state index contributed by atoms with van der Waals surface area (Å²) in [5, 5.41) is 2.47. The van der Waals surface area contributed by atoms with Gasteiger partial charge in [0.15, 0.2) is 11.5 Å². The van der Waals surface area contributed by atoms with Gasteiger partial charge in [0.2, 0.25) is 5.82 Å². The Labute approximate surface area is 125 Å². The van der Waals surface area contributed by atoms with Crippen molar-refractivity contribution in [2.45, 2.75) is 6.18 Å². The van der Waals surface area contributed by atoms with E-state index in [-0.39, 0.29) is 27.7 Å². The second-order valence-corrected chi connectivity index (χ2v) is 4.66. The van der Waals surface area contributed by atoms with Gasteiger partial charge in [-0.15, -0.1) is 0 Å². The Morgan fingerprint density at radius 2 is 1.95 bits per heavy atom. The summed E-state index contributed by atoms with van der Waals surface area (Å²) in [6.45, 7) is 0. The minimum Gasteiger partial charge on any atom is -0.340 e. The van der Waals surface area contributed by atoms with Crippen LogP contribution >= 0.6 is 11.6 Å². The largest absolute Gasteiger partial charge is 0.451 e. The van der Waals surface area contributed by atoms with Crippen molar-refractivity contribution in [1.82, 2.24) is 19.9 Å². The minimum atomic E-state index is -4.72. The summed E-state index contributed by atoms with van der Waals surface area (Å²) in [4.78, 5) is 13.1. The molecule has 1 aromatic carbocycles. The van der Waals surface area contributed by atoms with Crippen molar-refractivity contribution in [2.24, 2.45) is 0 Å². The third-order valence-corrected chi connectivity index (χ3v) is 3.01. The lowest BCUT2D eigenvalue weighted by atomic mass is 10.3. The summed E-state index contributed by atoms with van der Waals surface area (Å²) in [6, 6.07) is 3.63. The fraction of sp³-hybridized carbons (Fsp3) is 0.0833. The second kappa shape index (κ2) is 5.09. The zero-order valence-electron chi connectivity index (χ0n) is 10.5. The molecule has 0 atom stereocenters. The zero-order valence-corrected chi connectivity index (χ0v) is 11.3. The van der Waals surface area contributed by atoms with Crippen molar-refractivity contribution < 1.29 is 17.6 Å². The van der Waals surface area contributed by atoms with Gasteiger partial charge in [0.25, 0.3) is 0 Å². The van der Waals surface area contributed by atoms with Crippen LogP contribution in [0.5, 0.6) is 0 Å². The molecule has 22 heavy (non-hydrogen) atoms. The number of aromatic amines is 1. The zero-order chi connectivity index (χ0) is 15.9. The normalized spacial score (nSPS) is 11.9. The highest BCUT2D eigenvalue weighted by atomic mass is 35.5. The molecule has 0 bridgehead atoms. The van der Waals surface area contributed by atoms with Gasteiger partial charge >= 0.3 is 6.18 Å². The molecule has 10 heteroatoms. The molecule has 2 N–H and O–H groups in total. The molecule has 0 saturated heterocycles. The molecule has 114 valence electrons. The van der Waals surface area contributed by atoms with E-state index in [0.717, 1.165) is 6.07 Å². The monoisotopic (exact) mass is 331 g/mol. The van der Waals surface area contributed by atoms with Gasteiger partial charge in [-0.25, -0.2) is 19.3 Å². The van der Waals surface area contributed by atoms with Crippen LogP contribution in [-0.4, -0.2) is 19.9 Å². The molecule has 0 spiro atoms. The summed E-state index contributed by atoms with van der Waals surface area (Å²) in [7, 11) is 0. The molecular weight excluding hydrogens is 326 g/mol. The number of fused-ring (bicyclic) bond motifs is 1. The van der Waals surface area contributed by atoms with Crippen LogP contribution in [0.1, 0.15) is 5.82 Å². The maximum atomic E-state index is 13.1. The van der Waals surface area contributed by atoms with E-state index in [1.54, 1.807) is 0 Å². The Morgan fingerprint density at radius 3 is 2.64 bits per heavy atom. The van der Waals surface area contributed by atoms with Crippen molar-refractivity contribution in [3.63, 3.8) is 0 Å². The van der Waals surface area contributed by atoms with E-state index in [9.17, 15) is 17.6 Å². The molecule has 0 fully saturated rings. The van der Waals surface area contributed by atoms with Gasteiger partial charge in [-0.05, 0) is 18.2 Å². The van der Waals surface area contributed by atoms with E-state index >= 15 is 0 Å². The number of H-pyrrole nitrogens is 1. The van der Waals surface area contributed by atoms with Crippen molar-refractivity contribution in [1.29, 1.82) is 0 Å². The Balaban J connectivity index is 2.08.